The summed E-state index contributed by atoms with van der Waals surface area (Å²) in [5.74, 6) is -0.308. The van der Waals surface area contributed by atoms with E-state index in [9.17, 15) is 4.79 Å². The van der Waals surface area contributed by atoms with Gasteiger partial charge in [0.05, 0.1) is 6.42 Å². The molecule has 0 aromatic heterocycles. The maximum atomic E-state index is 11.9. The Labute approximate surface area is 127 Å². The van der Waals surface area contributed by atoms with Gasteiger partial charge in [0.15, 0.2) is 6.23 Å². The van der Waals surface area contributed by atoms with E-state index in [4.69, 9.17) is 18.0 Å². The molecule has 5 nitrogen and oxygen atoms in total. The van der Waals surface area contributed by atoms with Crippen LogP contribution in [-0.2, 0) is 29.2 Å². The summed E-state index contributed by atoms with van der Waals surface area (Å²) in [5, 5.41) is 0. The van der Waals surface area contributed by atoms with Crippen LogP contribution in [0.15, 0.2) is 30.3 Å². The van der Waals surface area contributed by atoms with E-state index in [2.05, 4.69) is 0 Å². The Balaban J connectivity index is 2.56. The number of esters is 1. The van der Waals surface area contributed by atoms with Crippen LogP contribution in [0.25, 0.3) is 0 Å². The first kappa shape index (κ1) is 17.8. The molecule has 6 heteroatoms. The molecule has 118 valence electrons. The Morgan fingerprint density at radius 1 is 0.952 bits per heavy atom. The molecule has 0 saturated carbocycles. The van der Waals surface area contributed by atoms with Crippen molar-refractivity contribution in [2.75, 3.05) is 26.1 Å². The third-order valence-corrected chi connectivity index (χ3v) is 5.38. The lowest BCUT2D eigenvalue weighted by atomic mass is 10.2. The van der Waals surface area contributed by atoms with E-state index in [-0.39, 0.29) is 18.6 Å². The van der Waals surface area contributed by atoms with Crippen molar-refractivity contribution in [3.05, 3.63) is 35.9 Å². The molecule has 1 rings (SSSR count). The molecule has 21 heavy (non-hydrogen) atoms. The summed E-state index contributed by atoms with van der Waals surface area (Å²) in [7, 11) is -2.92. The van der Waals surface area contributed by atoms with Crippen LogP contribution < -0.4 is 0 Å². The molecule has 0 aliphatic carbocycles. The Kier molecular flexibility index (Phi) is 8.22. The Morgan fingerprint density at radius 2 is 1.48 bits per heavy atom. The molecule has 0 fully saturated rings. The molecule has 0 aliphatic rings. The second-order valence-electron chi connectivity index (χ2n) is 4.31. The van der Waals surface area contributed by atoms with Gasteiger partial charge in [-0.3, -0.25) is 4.79 Å². The lowest BCUT2D eigenvalue weighted by molar-refractivity contribution is -0.142. The minimum atomic E-state index is -2.92. The van der Waals surface area contributed by atoms with Crippen LogP contribution in [-0.4, -0.2) is 40.8 Å². The van der Waals surface area contributed by atoms with Gasteiger partial charge >= 0.3 is 14.8 Å². The first-order valence-electron chi connectivity index (χ1n) is 7.27. The van der Waals surface area contributed by atoms with Crippen LogP contribution in [0.4, 0.5) is 0 Å². The molecule has 1 aromatic rings. The van der Waals surface area contributed by atoms with E-state index in [1.807, 2.05) is 51.1 Å². The summed E-state index contributed by atoms with van der Waals surface area (Å²) in [6.45, 7) is 6.98. The molecule has 0 heterocycles. The lowest BCUT2D eigenvalue weighted by Gasteiger charge is -2.27. The smallest absolute Gasteiger partial charge is 0.461 e. The van der Waals surface area contributed by atoms with Crippen LogP contribution in [0.5, 0.6) is 0 Å². The maximum Gasteiger partial charge on any atom is 0.540 e. The summed E-state index contributed by atoms with van der Waals surface area (Å²) in [6.07, 6.45) is 0.282. The molecule has 0 unspecified atom stereocenters. The highest BCUT2D eigenvalue weighted by molar-refractivity contribution is 6.60. The van der Waals surface area contributed by atoms with Gasteiger partial charge in [-0.15, -0.1) is 0 Å². The fourth-order valence-corrected chi connectivity index (χ4v) is 4.05. The molecule has 0 atom stereocenters. The average molecular weight is 312 g/mol. The zero-order valence-corrected chi connectivity index (χ0v) is 14.0. The molecule has 0 amide bonds. The Bertz CT molecular complexity index is 393. The summed E-state index contributed by atoms with van der Waals surface area (Å²) >= 11 is 0. The van der Waals surface area contributed by atoms with E-state index in [1.54, 1.807) is 0 Å². The van der Waals surface area contributed by atoms with E-state index >= 15 is 0 Å². The highest BCUT2D eigenvalue weighted by Gasteiger charge is 2.42. The normalized spacial score (nSPS) is 11.4. The predicted octanol–water partition coefficient (Wildman–Crippen LogP) is 2.36. The van der Waals surface area contributed by atoms with E-state index < -0.39 is 8.80 Å². The Morgan fingerprint density at radius 3 is 1.95 bits per heavy atom. The van der Waals surface area contributed by atoms with Gasteiger partial charge in [0.2, 0.25) is 0 Å². The van der Waals surface area contributed by atoms with Crippen LogP contribution in [0.1, 0.15) is 26.3 Å². The second-order valence-corrected chi connectivity index (χ2v) is 6.83. The fraction of sp³-hybridized carbons (Fsp3) is 0.533. The minimum absolute atomic E-state index is 0.0498. The predicted molar refractivity (Wildman–Crippen MR) is 81.7 cm³/mol. The molecule has 0 saturated heterocycles. The van der Waals surface area contributed by atoms with Gasteiger partial charge in [-0.1, -0.05) is 30.3 Å². The van der Waals surface area contributed by atoms with Crippen molar-refractivity contribution in [2.24, 2.45) is 0 Å². The number of benzene rings is 1. The van der Waals surface area contributed by atoms with E-state index in [0.29, 0.717) is 19.8 Å². The number of carbonyl (C=O) groups is 1. The van der Waals surface area contributed by atoms with Gasteiger partial charge in [0.1, 0.15) is 0 Å². The quantitative estimate of drug-likeness (QED) is 0.490. The van der Waals surface area contributed by atoms with Crippen molar-refractivity contribution in [3.63, 3.8) is 0 Å². The van der Waals surface area contributed by atoms with Crippen molar-refractivity contribution < 1.29 is 22.8 Å². The third kappa shape index (κ3) is 6.39. The standard InChI is InChI=1S/C15H24O5Si/c1-4-18-21(19-5-2,20-6-3)13-17-15(16)12-14-10-8-7-9-11-14/h7-11H,4-6,12-13H2,1-3H3. The summed E-state index contributed by atoms with van der Waals surface area (Å²) in [4.78, 5) is 11.9. The van der Waals surface area contributed by atoms with Gasteiger partial charge < -0.3 is 18.0 Å². The molecule has 0 radical (unpaired) electrons. The topological polar surface area (TPSA) is 54.0 Å². The van der Waals surface area contributed by atoms with Gasteiger partial charge in [0.25, 0.3) is 0 Å². The maximum absolute atomic E-state index is 11.9. The molecule has 0 N–H and O–H groups in total. The van der Waals surface area contributed by atoms with Crippen LogP contribution >= 0.6 is 0 Å². The number of rotatable bonds is 10. The van der Waals surface area contributed by atoms with Crippen molar-refractivity contribution >= 4 is 14.8 Å². The SMILES string of the molecule is CCO[Si](COC(=O)Cc1ccccc1)(OCC)OCC. The van der Waals surface area contributed by atoms with Crippen molar-refractivity contribution in [1.29, 1.82) is 0 Å². The molecule has 0 bridgehead atoms. The summed E-state index contributed by atoms with van der Waals surface area (Å²) in [6, 6.07) is 9.47. The van der Waals surface area contributed by atoms with Crippen molar-refractivity contribution in [1.82, 2.24) is 0 Å². The Hall–Kier alpha value is -1.21. The average Bonchev–Trinajstić information content (AvgIpc) is 2.47. The number of carbonyl (C=O) groups excluding carboxylic acids is 1. The zero-order valence-electron chi connectivity index (χ0n) is 13.0. The number of ether oxygens (including phenoxy) is 1. The second kappa shape index (κ2) is 9.67. The van der Waals surface area contributed by atoms with Gasteiger partial charge in [-0.05, 0) is 26.3 Å². The monoisotopic (exact) mass is 312 g/mol. The van der Waals surface area contributed by atoms with Crippen molar-refractivity contribution in [2.45, 2.75) is 27.2 Å². The lowest BCUT2D eigenvalue weighted by Crippen LogP contribution is -2.51. The summed E-state index contributed by atoms with van der Waals surface area (Å²) in [5.41, 5.74) is 0.916. The first-order valence-corrected chi connectivity index (χ1v) is 9.20. The van der Waals surface area contributed by atoms with Crippen molar-refractivity contribution in [3.8, 4) is 0 Å². The van der Waals surface area contributed by atoms with Gasteiger partial charge in [-0.2, -0.15) is 0 Å². The fourth-order valence-electron chi connectivity index (χ4n) is 1.89. The van der Waals surface area contributed by atoms with Crippen LogP contribution in [0.3, 0.4) is 0 Å². The molecule has 0 spiro atoms. The van der Waals surface area contributed by atoms with Crippen LogP contribution in [0, 0.1) is 0 Å². The van der Waals surface area contributed by atoms with E-state index in [0.717, 1.165) is 5.56 Å². The molecule has 1 aromatic carbocycles. The minimum Gasteiger partial charge on any atom is -0.461 e. The highest BCUT2D eigenvalue weighted by atomic mass is 28.4. The molecule has 0 aliphatic heterocycles. The third-order valence-electron chi connectivity index (χ3n) is 2.69. The largest absolute Gasteiger partial charge is 0.540 e. The van der Waals surface area contributed by atoms with Gasteiger partial charge in [0, 0.05) is 19.8 Å². The number of hydrogen-bond donors (Lipinski definition) is 0. The molecular formula is C15H24O5Si. The van der Waals surface area contributed by atoms with Gasteiger partial charge in [-0.25, -0.2) is 0 Å². The molecular weight excluding hydrogens is 288 g/mol. The van der Waals surface area contributed by atoms with E-state index in [1.165, 1.54) is 0 Å². The highest BCUT2D eigenvalue weighted by Crippen LogP contribution is 2.11. The van der Waals surface area contributed by atoms with Crippen LogP contribution in [0.2, 0.25) is 0 Å². The number of hydrogen-bond acceptors (Lipinski definition) is 5. The summed E-state index contributed by atoms with van der Waals surface area (Å²) < 4.78 is 22.2. The first-order chi connectivity index (χ1) is 10.2. The zero-order chi connectivity index (χ0) is 15.6.